The van der Waals surface area contributed by atoms with Crippen LogP contribution in [-0.2, 0) is 5.75 Å². The molecule has 0 unspecified atom stereocenters. The third kappa shape index (κ3) is 3.42. The molecule has 1 aromatic heterocycles. The van der Waals surface area contributed by atoms with Gasteiger partial charge in [0.1, 0.15) is 0 Å². The van der Waals surface area contributed by atoms with Crippen LogP contribution in [0.2, 0.25) is 0 Å². The van der Waals surface area contributed by atoms with Crippen molar-refractivity contribution in [1.82, 2.24) is 9.97 Å². The Hall–Kier alpha value is -1.75. The van der Waals surface area contributed by atoms with E-state index in [9.17, 15) is 9.90 Å². The smallest absolute Gasteiger partial charge is 0.258 e. The van der Waals surface area contributed by atoms with Gasteiger partial charge in [0.15, 0.2) is 5.16 Å². The standard InChI is InChI=1S/C15H18N2O2S/c1-3-10(2)12-13(18)16-15(17-14(12)19)20-9-11-7-5-4-6-8-11/h4-8,10H,3,9H2,1-2H3,(H2,16,17,18,19)/t10-/m0/s1. The number of aromatic hydroxyl groups is 1. The van der Waals surface area contributed by atoms with Gasteiger partial charge in [-0.15, -0.1) is 0 Å². The number of rotatable bonds is 5. The minimum absolute atomic E-state index is 0.000534. The van der Waals surface area contributed by atoms with Gasteiger partial charge in [0.2, 0.25) is 5.88 Å². The first-order valence-corrected chi connectivity index (χ1v) is 7.60. The zero-order chi connectivity index (χ0) is 14.5. The molecule has 0 saturated heterocycles. The summed E-state index contributed by atoms with van der Waals surface area (Å²) in [6, 6.07) is 9.92. The molecular formula is C15H18N2O2S. The maximum Gasteiger partial charge on any atom is 0.258 e. The van der Waals surface area contributed by atoms with Gasteiger partial charge in [-0.25, -0.2) is 0 Å². The van der Waals surface area contributed by atoms with Crippen molar-refractivity contribution in [3.63, 3.8) is 0 Å². The minimum Gasteiger partial charge on any atom is -0.493 e. The topological polar surface area (TPSA) is 66.0 Å². The lowest BCUT2D eigenvalue weighted by Gasteiger charge is -2.10. The predicted octanol–water partition coefficient (Wildman–Crippen LogP) is 3.28. The fraction of sp³-hybridized carbons (Fsp3) is 0.333. The van der Waals surface area contributed by atoms with Crippen LogP contribution in [0.5, 0.6) is 5.88 Å². The summed E-state index contributed by atoms with van der Waals surface area (Å²) in [5.74, 6) is 0.546. The molecule has 0 amide bonds. The molecule has 1 atom stereocenters. The van der Waals surface area contributed by atoms with Crippen molar-refractivity contribution < 1.29 is 5.11 Å². The summed E-state index contributed by atoms with van der Waals surface area (Å²) in [6.45, 7) is 3.88. The average Bonchev–Trinajstić information content (AvgIpc) is 2.45. The highest BCUT2D eigenvalue weighted by atomic mass is 32.2. The lowest BCUT2D eigenvalue weighted by Crippen LogP contribution is -2.17. The largest absolute Gasteiger partial charge is 0.493 e. The summed E-state index contributed by atoms with van der Waals surface area (Å²) in [6.07, 6.45) is 0.787. The van der Waals surface area contributed by atoms with E-state index < -0.39 is 0 Å². The number of nitrogens with zero attached hydrogens (tertiary/aromatic N) is 1. The zero-order valence-electron chi connectivity index (χ0n) is 11.6. The van der Waals surface area contributed by atoms with Gasteiger partial charge in [-0.05, 0) is 17.9 Å². The van der Waals surface area contributed by atoms with Gasteiger partial charge in [-0.1, -0.05) is 55.9 Å². The van der Waals surface area contributed by atoms with Crippen molar-refractivity contribution in [1.29, 1.82) is 0 Å². The summed E-state index contributed by atoms with van der Waals surface area (Å²) in [7, 11) is 0. The molecule has 0 fully saturated rings. The van der Waals surface area contributed by atoms with Crippen LogP contribution >= 0.6 is 11.8 Å². The molecular weight excluding hydrogens is 272 g/mol. The van der Waals surface area contributed by atoms with Crippen LogP contribution < -0.4 is 5.56 Å². The SMILES string of the molecule is CC[C@H](C)c1c(O)nc(SCc2ccccc2)[nH]c1=O. The van der Waals surface area contributed by atoms with E-state index in [4.69, 9.17) is 0 Å². The second kappa shape index (κ2) is 6.61. The molecule has 0 aliphatic rings. The molecule has 2 rings (SSSR count). The van der Waals surface area contributed by atoms with Crippen molar-refractivity contribution in [3.05, 3.63) is 51.8 Å². The lowest BCUT2D eigenvalue weighted by atomic mass is 10.0. The number of hydrogen-bond donors (Lipinski definition) is 2. The van der Waals surface area contributed by atoms with Crippen LogP contribution in [0, 0.1) is 0 Å². The van der Waals surface area contributed by atoms with E-state index in [1.165, 1.54) is 11.8 Å². The molecule has 0 bridgehead atoms. The van der Waals surface area contributed by atoms with E-state index >= 15 is 0 Å². The van der Waals surface area contributed by atoms with E-state index in [0.717, 1.165) is 12.0 Å². The number of nitrogens with one attached hydrogen (secondary N) is 1. The summed E-state index contributed by atoms with van der Waals surface area (Å²) >= 11 is 1.40. The van der Waals surface area contributed by atoms with E-state index in [1.54, 1.807) is 0 Å². The number of hydrogen-bond acceptors (Lipinski definition) is 4. The van der Waals surface area contributed by atoms with E-state index in [1.807, 2.05) is 44.2 Å². The van der Waals surface area contributed by atoms with Gasteiger partial charge in [0, 0.05) is 5.75 Å². The maximum atomic E-state index is 12.0. The first-order chi connectivity index (χ1) is 9.61. The van der Waals surface area contributed by atoms with Gasteiger partial charge in [-0.3, -0.25) is 4.79 Å². The Labute approximate surface area is 122 Å². The van der Waals surface area contributed by atoms with Crippen molar-refractivity contribution in [2.24, 2.45) is 0 Å². The van der Waals surface area contributed by atoms with Gasteiger partial charge in [0.05, 0.1) is 5.56 Å². The fourth-order valence-corrected chi connectivity index (χ4v) is 2.70. The second-order valence-electron chi connectivity index (χ2n) is 4.69. The average molecular weight is 290 g/mol. The first kappa shape index (κ1) is 14.7. The van der Waals surface area contributed by atoms with Crippen LogP contribution in [-0.4, -0.2) is 15.1 Å². The zero-order valence-corrected chi connectivity index (χ0v) is 12.4. The molecule has 0 aliphatic carbocycles. The maximum absolute atomic E-state index is 12.0. The highest BCUT2D eigenvalue weighted by molar-refractivity contribution is 7.98. The molecule has 1 aromatic carbocycles. The number of aromatic nitrogens is 2. The van der Waals surface area contributed by atoms with E-state index in [2.05, 4.69) is 9.97 Å². The molecule has 1 heterocycles. The lowest BCUT2D eigenvalue weighted by molar-refractivity contribution is 0.429. The molecule has 2 aromatic rings. The fourth-order valence-electron chi connectivity index (χ4n) is 1.89. The Kier molecular flexibility index (Phi) is 4.84. The number of aromatic amines is 1. The third-order valence-electron chi connectivity index (χ3n) is 3.24. The van der Waals surface area contributed by atoms with Crippen LogP contribution in [0.3, 0.4) is 0 Å². The summed E-state index contributed by atoms with van der Waals surface area (Å²) < 4.78 is 0. The number of benzene rings is 1. The van der Waals surface area contributed by atoms with Gasteiger partial charge < -0.3 is 10.1 Å². The first-order valence-electron chi connectivity index (χ1n) is 6.61. The Morgan fingerprint density at radius 3 is 2.65 bits per heavy atom. The van der Waals surface area contributed by atoms with Crippen LogP contribution in [0.15, 0.2) is 40.3 Å². The molecule has 0 radical (unpaired) electrons. The molecule has 0 aliphatic heterocycles. The van der Waals surface area contributed by atoms with E-state index in [-0.39, 0.29) is 17.4 Å². The summed E-state index contributed by atoms with van der Waals surface area (Å²) in [5, 5.41) is 10.4. The van der Waals surface area contributed by atoms with Gasteiger partial charge in [-0.2, -0.15) is 4.98 Å². The molecule has 0 spiro atoms. The Bertz CT molecular complexity index is 626. The minimum atomic E-state index is -0.248. The van der Waals surface area contributed by atoms with E-state index in [0.29, 0.717) is 16.5 Å². The molecule has 20 heavy (non-hydrogen) atoms. The quantitative estimate of drug-likeness (QED) is 0.655. The monoisotopic (exact) mass is 290 g/mol. The van der Waals surface area contributed by atoms with Crippen molar-refractivity contribution in [3.8, 4) is 5.88 Å². The van der Waals surface area contributed by atoms with Crippen molar-refractivity contribution >= 4 is 11.8 Å². The second-order valence-corrected chi connectivity index (χ2v) is 5.66. The summed E-state index contributed by atoms with van der Waals surface area (Å²) in [5.41, 5.74) is 1.27. The molecule has 5 heteroatoms. The molecule has 4 nitrogen and oxygen atoms in total. The van der Waals surface area contributed by atoms with Crippen LogP contribution in [0.25, 0.3) is 0 Å². The molecule has 0 saturated carbocycles. The van der Waals surface area contributed by atoms with Gasteiger partial charge in [0.25, 0.3) is 5.56 Å². The van der Waals surface area contributed by atoms with Crippen molar-refractivity contribution in [2.75, 3.05) is 0 Å². The summed E-state index contributed by atoms with van der Waals surface area (Å²) in [4.78, 5) is 18.8. The number of thioether (sulfide) groups is 1. The van der Waals surface area contributed by atoms with Crippen LogP contribution in [0.1, 0.15) is 37.3 Å². The Balaban J connectivity index is 2.17. The third-order valence-corrected chi connectivity index (χ3v) is 4.18. The highest BCUT2D eigenvalue weighted by Crippen LogP contribution is 2.25. The Morgan fingerprint density at radius 1 is 1.35 bits per heavy atom. The predicted molar refractivity (Wildman–Crippen MR) is 81.2 cm³/mol. The number of H-pyrrole nitrogens is 1. The Morgan fingerprint density at radius 2 is 2.05 bits per heavy atom. The highest BCUT2D eigenvalue weighted by Gasteiger charge is 2.16. The molecule has 2 N–H and O–H groups in total. The van der Waals surface area contributed by atoms with Gasteiger partial charge >= 0.3 is 0 Å². The van der Waals surface area contributed by atoms with Crippen molar-refractivity contribution in [2.45, 2.75) is 37.1 Å². The van der Waals surface area contributed by atoms with Crippen LogP contribution in [0.4, 0.5) is 0 Å². The molecule has 106 valence electrons. The normalized spacial score (nSPS) is 12.3.